The van der Waals surface area contributed by atoms with Crippen molar-refractivity contribution in [2.45, 2.75) is 104 Å². The second kappa shape index (κ2) is 7.15. The summed E-state index contributed by atoms with van der Waals surface area (Å²) in [7, 11) is 0. The first-order valence-electron chi connectivity index (χ1n) is 12.2. The highest BCUT2D eigenvalue weighted by molar-refractivity contribution is 5.75. The molecule has 6 unspecified atom stereocenters. The molecule has 3 fully saturated rings. The topological polar surface area (TPSA) is 77.8 Å². The maximum Gasteiger partial charge on any atom is 0.186 e. The van der Waals surface area contributed by atoms with Crippen molar-refractivity contribution >= 4 is 5.78 Å². The van der Waals surface area contributed by atoms with Crippen LogP contribution in [0, 0.1) is 40.4 Å². The van der Waals surface area contributed by atoms with Crippen molar-refractivity contribution in [3.8, 4) is 0 Å². The van der Waals surface area contributed by atoms with E-state index in [0.717, 1.165) is 50.5 Å². The molecule has 4 aliphatic carbocycles. The molecule has 4 aliphatic rings. The lowest BCUT2D eigenvalue weighted by Crippen LogP contribution is -2.60. The first-order chi connectivity index (χ1) is 13.8. The van der Waals surface area contributed by atoms with Crippen molar-refractivity contribution in [1.29, 1.82) is 0 Å². The van der Waals surface area contributed by atoms with Crippen LogP contribution in [0.1, 0.15) is 92.4 Å². The smallest absolute Gasteiger partial charge is 0.186 e. The zero-order valence-corrected chi connectivity index (χ0v) is 19.6. The Balaban J connectivity index is 1.65. The summed E-state index contributed by atoms with van der Waals surface area (Å²) in [4.78, 5) is 11.5. The zero-order valence-electron chi connectivity index (χ0n) is 19.6. The van der Waals surface area contributed by atoms with E-state index in [2.05, 4.69) is 20.8 Å². The van der Waals surface area contributed by atoms with Gasteiger partial charge in [-0.25, -0.2) is 0 Å². The van der Waals surface area contributed by atoms with Gasteiger partial charge in [0.1, 0.15) is 5.78 Å². The highest BCUT2D eigenvalue weighted by Gasteiger charge is 2.64. The quantitative estimate of drug-likeness (QED) is 0.460. The molecule has 30 heavy (non-hydrogen) atoms. The predicted octanol–water partition coefficient (Wildman–Crippen LogP) is 4.61. The molecular weight excluding hydrogens is 376 g/mol. The van der Waals surface area contributed by atoms with E-state index in [1.54, 1.807) is 13.0 Å². The summed E-state index contributed by atoms with van der Waals surface area (Å²) in [5.41, 5.74) is 0.373. The van der Waals surface area contributed by atoms with Gasteiger partial charge >= 0.3 is 0 Å². The second-order valence-electron chi connectivity index (χ2n) is 12.2. The summed E-state index contributed by atoms with van der Waals surface area (Å²) in [6, 6.07) is 0. The monoisotopic (exact) mass is 418 g/mol. The van der Waals surface area contributed by atoms with E-state index < -0.39 is 11.4 Å². The maximum atomic E-state index is 11.5. The molecule has 0 aliphatic heterocycles. The Labute approximate surface area is 182 Å². The van der Waals surface area contributed by atoms with Gasteiger partial charge in [-0.05, 0) is 106 Å². The molecule has 0 aromatic rings. The number of aliphatic hydroxyl groups is 3. The van der Waals surface area contributed by atoms with Crippen molar-refractivity contribution in [2.24, 2.45) is 40.4 Å². The van der Waals surface area contributed by atoms with Crippen LogP contribution in [0.25, 0.3) is 0 Å². The van der Waals surface area contributed by atoms with Gasteiger partial charge in [-0.15, -0.1) is 0 Å². The molecule has 170 valence electrons. The van der Waals surface area contributed by atoms with Gasteiger partial charge in [0.25, 0.3) is 0 Å². The largest absolute Gasteiger partial charge is 0.390 e. The molecule has 3 N–H and O–H groups in total. The summed E-state index contributed by atoms with van der Waals surface area (Å²) in [5.74, 6) is -0.0807. The van der Waals surface area contributed by atoms with Gasteiger partial charge in [0.15, 0.2) is 5.79 Å². The number of fused-ring (bicyclic) bond motifs is 5. The van der Waals surface area contributed by atoms with Crippen molar-refractivity contribution in [3.05, 3.63) is 11.6 Å². The third-order valence-corrected chi connectivity index (χ3v) is 10.2. The highest BCUT2D eigenvalue weighted by atomic mass is 16.5. The van der Waals surface area contributed by atoms with Crippen LogP contribution >= 0.6 is 0 Å². The minimum atomic E-state index is -1.79. The molecule has 4 nitrogen and oxygen atoms in total. The molecule has 0 amide bonds. The van der Waals surface area contributed by atoms with Crippen molar-refractivity contribution in [3.63, 3.8) is 0 Å². The van der Waals surface area contributed by atoms with Gasteiger partial charge in [-0.3, -0.25) is 0 Å². The molecule has 4 rings (SSSR count). The van der Waals surface area contributed by atoms with Crippen LogP contribution in [0.5, 0.6) is 0 Å². The summed E-state index contributed by atoms with van der Waals surface area (Å²) in [6.45, 7) is 10.5. The van der Waals surface area contributed by atoms with Crippen LogP contribution in [0.15, 0.2) is 11.6 Å². The van der Waals surface area contributed by atoms with Crippen LogP contribution in [0.2, 0.25) is 0 Å². The van der Waals surface area contributed by atoms with Gasteiger partial charge in [0.2, 0.25) is 0 Å². The summed E-state index contributed by atoms with van der Waals surface area (Å²) in [6.07, 6.45) is 9.88. The molecule has 0 spiro atoms. The molecule has 0 aromatic carbocycles. The Morgan fingerprint density at radius 2 is 1.77 bits per heavy atom. The van der Waals surface area contributed by atoms with E-state index in [9.17, 15) is 20.1 Å². The number of Topliss-reactive ketones (excluding diaryl/α,β-unsaturated/α-hetero) is 1. The molecule has 0 aromatic heterocycles. The Hall–Kier alpha value is -0.710. The van der Waals surface area contributed by atoms with Crippen LogP contribution in [0.3, 0.4) is 0 Å². The highest BCUT2D eigenvalue weighted by Crippen LogP contribution is 2.69. The number of carbonyl (C=O) groups is 1. The molecule has 0 radical (unpaired) electrons. The molecule has 0 saturated heterocycles. The maximum absolute atomic E-state index is 11.5. The van der Waals surface area contributed by atoms with Crippen LogP contribution in [-0.2, 0) is 4.79 Å². The predicted molar refractivity (Wildman–Crippen MR) is 117 cm³/mol. The zero-order chi connectivity index (χ0) is 22.1. The first-order valence-corrected chi connectivity index (χ1v) is 12.2. The Bertz CT molecular complexity index is 737. The van der Waals surface area contributed by atoms with E-state index in [1.165, 1.54) is 0 Å². The van der Waals surface area contributed by atoms with E-state index >= 15 is 0 Å². The van der Waals surface area contributed by atoms with Gasteiger partial charge < -0.3 is 20.1 Å². The molecule has 3 saturated carbocycles. The van der Waals surface area contributed by atoms with Crippen molar-refractivity contribution in [2.75, 3.05) is 0 Å². The van der Waals surface area contributed by atoms with E-state index in [0.29, 0.717) is 30.6 Å². The van der Waals surface area contributed by atoms with Gasteiger partial charge in [-0.1, -0.05) is 26.3 Å². The van der Waals surface area contributed by atoms with Crippen LogP contribution in [-0.4, -0.2) is 32.5 Å². The number of hydrogen-bond donors (Lipinski definition) is 3. The third kappa shape index (κ3) is 3.42. The Kier molecular flexibility index (Phi) is 5.36. The molecular formula is C26H42O4. The fourth-order valence-electron chi connectivity index (χ4n) is 8.44. The number of carbonyl (C=O) groups excluding carboxylic acids is 1. The Morgan fingerprint density at radius 1 is 1.07 bits per heavy atom. The summed E-state index contributed by atoms with van der Waals surface area (Å²) < 4.78 is 0. The van der Waals surface area contributed by atoms with Crippen molar-refractivity contribution in [1.82, 2.24) is 0 Å². The molecule has 0 bridgehead atoms. The minimum absolute atomic E-state index is 0.0401. The van der Waals surface area contributed by atoms with E-state index in [1.807, 2.05) is 6.92 Å². The third-order valence-electron chi connectivity index (χ3n) is 10.2. The summed E-state index contributed by atoms with van der Waals surface area (Å²) >= 11 is 0. The lowest BCUT2D eigenvalue weighted by molar-refractivity contribution is -0.237. The van der Waals surface area contributed by atoms with Crippen LogP contribution < -0.4 is 0 Å². The van der Waals surface area contributed by atoms with Gasteiger partial charge in [0.05, 0.1) is 5.60 Å². The fourth-order valence-corrected chi connectivity index (χ4v) is 8.44. The van der Waals surface area contributed by atoms with Gasteiger partial charge in [0, 0.05) is 12.3 Å². The second-order valence-corrected chi connectivity index (χ2v) is 12.2. The Morgan fingerprint density at radius 3 is 2.43 bits per heavy atom. The lowest BCUT2D eigenvalue weighted by Gasteiger charge is -2.61. The molecule has 0 heterocycles. The first kappa shape index (κ1) is 22.5. The molecule has 4 heteroatoms. The summed E-state index contributed by atoms with van der Waals surface area (Å²) in [5, 5.41) is 33.3. The van der Waals surface area contributed by atoms with Crippen molar-refractivity contribution < 1.29 is 20.1 Å². The minimum Gasteiger partial charge on any atom is -0.390 e. The lowest BCUT2D eigenvalue weighted by atomic mass is 9.45. The normalized spacial score (nSPS) is 48.2. The van der Waals surface area contributed by atoms with Crippen LogP contribution in [0.4, 0.5) is 0 Å². The number of rotatable bonds is 4. The number of ketones is 1. The fraction of sp³-hybridized carbons (Fsp3) is 0.885. The van der Waals surface area contributed by atoms with Gasteiger partial charge in [-0.2, -0.15) is 0 Å². The SMILES string of the molecule is CC(=O)CC[C@@H](C)C1CCC2C3C(CCC21C)C1(C)CC[C@](C)(O)CC1=CC3(O)O. The molecule has 8 atom stereocenters. The average Bonchev–Trinajstić information content (AvgIpc) is 2.98. The van der Waals surface area contributed by atoms with E-state index in [-0.39, 0.29) is 28.4 Å². The van der Waals surface area contributed by atoms with E-state index in [4.69, 9.17) is 0 Å². The standard InChI is InChI=1S/C26H42O4/c1-16(6-7-17(2)27)19-8-9-20-22-21(10-11-25(19,20)5)24(4)13-12-23(3,28)14-18(24)15-26(22,29)30/h15-16,19-22,28-30H,6-14H2,1-5H3/t16-,19?,20?,21?,22?,23+,24?,25?/m1/s1. The number of hydrogen-bond acceptors (Lipinski definition) is 4. The average molecular weight is 419 g/mol.